The number of thioether (sulfide) groups is 1. The fraction of sp³-hybridized carbons (Fsp3) is 0.182. The Bertz CT molecular complexity index is 496. The van der Waals surface area contributed by atoms with Gasteiger partial charge < -0.3 is 5.73 Å². The van der Waals surface area contributed by atoms with Crippen LogP contribution in [0.2, 0.25) is 0 Å². The first-order valence-electron chi connectivity index (χ1n) is 4.73. The molecular formula is C11H11FN2S2. The van der Waals surface area contributed by atoms with Crippen LogP contribution in [-0.2, 0) is 6.54 Å². The zero-order valence-electron chi connectivity index (χ0n) is 8.74. The van der Waals surface area contributed by atoms with Gasteiger partial charge in [-0.25, -0.2) is 9.37 Å². The first kappa shape index (κ1) is 11.6. The molecule has 0 bridgehead atoms. The number of nitrogens with zero attached hydrogens (tertiary/aromatic N) is 1. The van der Waals surface area contributed by atoms with Crippen LogP contribution in [0.5, 0.6) is 0 Å². The van der Waals surface area contributed by atoms with E-state index < -0.39 is 0 Å². The second-order valence-electron chi connectivity index (χ2n) is 3.17. The summed E-state index contributed by atoms with van der Waals surface area (Å²) < 4.78 is 13.8. The van der Waals surface area contributed by atoms with E-state index in [4.69, 9.17) is 5.73 Å². The van der Waals surface area contributed by atoms with Crippen LogP contribution < -0.4 is 5.73 Å². The first-order chi connectivity index (χ1) is 7.76. The molecule has 0 unspecified atom stereocenters. The molecule has 1 aromatic heterocycles. The molecule has 0 spiro atoms. The Labute approximate surface area is 102 Å². The molecule has 0 radical (unpaired) electrons. The molecule has 1 aromatic carbocycles. The number of rotatable bonds is 3. The van der Waals surface area contributed by atoms with Crippen LogP contribution >= 0.6 is 23.1 Å². The largest absolute Gasteiger partial charge is 0.325 e. The van der Waals surface area contributed by atoms with Crippen molar-refractivity contribution in [3.05, 3.63) is 35.1 Å². The predicted molar refractivity (Wildman–Crippen MR) is 67.2 cm³/mol. The van der Waals surface area contributed by atoms with E-state index in [1.807, 2.05) is 17.7 Å². The summed E-state index contributed by atoms with van der Waals surface area (Å²) in [6.07, 6.45) is 1.93. The lowest BCUT2D eigenvalue weighted by Gasteiger charge is -2.04. The molecule has 1 heterocycles. The number of aromatic nitrogens is 1. The van der Waals surface area contributed by atoms with Crippen LogP contribution in [0.3, 0.4) is 0 Å². The third kappa shape index (κ3) is 2.11. The zero-order chi connectivity index (χ0) is 11.5. The van der Waals surface area contributed by atoms with Gasteiger partial charge in [-0.05, 0) is 18.4 Å². The van der Waals surface area contributed by atoms with Crippen LogP contribution in [0.15, 0.2) is 28.5 Å². The van der Waals surface area contributed by atoms with Gasteiger partial charge in [-0.2, -0.15) is 0 Å². The minimum absolute atomic E-state index is 0.232. The first-order valence-corrected chi connectivity index (χ1v) is 6.84. The van der Waals surface area contributed by atoms with E-state index in [1.165, 1.54) is 29.2 Å². The van der Waals surface area contributed by atoms with Crippen LogP contribution in [0.4, 0.5) is 4.39 Å². The molecule has 16 heavy (non-hydrogen) atoms. The van der Waals surface area contributed by atoms with Crippen molar-refractivity contribution >= 4 is 23.1 Å². The number of hydrogen-bond acceptors (Lipinski definition) is 4. The van der Waals surface area contributed by atoms with Crippen molar-refractivity contribution < 1.29 is 4.39 Å². The van der Waals surface area contributed by atoms with Crippen LogP contribution in [0.1, 0.15) is 5.69 Å². The second kappa shape index (κ2) is 4.95. The summed E-state index contributed by atoms with van der Waals surface area (Å²) in [5.74, 6) is -0.232. The molecule has 5 heteroatoms. The molecule has 2 nitrogen and oxygen atoms in total. The van der Waals surface area contributed by atoms with Gasteiger partial charge >= 0.3 is 0 Å². The summed E-state index contributed by atoms with van der Waals surface area (Å²) in [6, 6.07) is 5.06. The minimum atomic E-state index is -0.232. The third-order valence-corrected chi connectivity index (χ3v) is 3.86. The maximum Gasteiger partial charge on any atom is 0.134 e. The monoisotopic (exact) mass is 254 g/mol. The molecule has 0 saturated carbocycles. The van der Waals surface area contributed by atoms with Gasteiger partial charge in [0.05, 0.1) is 11.3 Å². The summed E-state index contributed by atoms with van der Waals surface area (Å²) in [5.41, 5.74) is 6.88. The van der Waals surface area contributed by atoms with E-state index in [0.29, 0.717) is 17.1 Å². The van der Waals surface area contributed by atoms with Crippen molar-refractivity contribution in [2.45, 2.75) is 11.4 Å². The number of nitrogens with two attached hydrogens (primary N) is 1. The molecular weight excluding hydrogens is 243 g/mol. The zero-order valence-corrected chi connectivity index (χ0v) is 10.4. The summed E-state index contributed by atoms with van der Waals surface area (Å²) in [4.78, 5) is 5.21. The number of hydrogen-bond donors (Lipinski definition) is 1. The Morgan fingerprint density at radius 1 is 1.50 bits per heavy atom. The Hall–Kier alpha value is -0.910. The van der Waals surface area contributed by atoms with E-state index in [-0.39, 0.29) is 5.82 Å². The molecule has 0 aliphatic rings. The highest BCUT2D eigenvalue weighted by molar-refractivity contribution is 7.98. The van der Waals surface area contributed by atoms with Gasteiger partial charge in [0.1, 0.15) is 10.8 Å². The molecule has 0 aliphatic carbocycles. The third-order valence-electron chi connectivity index (χ3n) is 2.17. The van der Waals surface area contributed by atoms with E-state index in [1.54, 1.807) is 6.07 Å². The van der Waals surface area contributed by atoms with Gasteiger partial charge in [0.2, 0.25) is 0 Å². The van der Waals surface area contributed by atoms with E-state index in [0.717, 1.165) is 10.6 Å². The summed E-state index contributed by atoms with van der Waals surface area (Å²) in [7, 11) is 0. The van der Waals surface area contributed by atoms with Gasteiger partial charge in [0.25, 0.3) is 0 Å². The standard InChI is InChI=1S/C11H11FN2S2/c1-15-9-4-2-3-8(12)10(9)11-14-7(5-13)6-16-11/h2-4,6H,5,13H2,1H3. The lowest BCUT2D eigenvalue weighted by atomic mass is 10.2. The molecule has 0 fully saturated rings. The van der Waals surface area contributed by atoms with Crippen molar-refractivity contribution in [2.75, 3.05) is 6.26 Å². The molecule has 0 saturated heterocycles. The van der Waals surface area contributed by atoms with Crippen LogP contribution in [0.25, 0.3) is 10.6 Å². The van der Waals surface area contributed by atoms with Crippen molar-refractivity contribution in [3.63, 3.8) is 0 Å². The van der Waals surface area contributed by atoms with Crippen molar-refractivity contribution in [2.24, 2.45) is 5.73 Å². The summed E-state index contributed by atoms with van der Waals surface area (Å²) in [6.45, 7) is 0.388. The molecule has 2 N–H and O–H groups in total. The van der Waals surface area contributed by atoms with Crippen molar-refractivity contribution in [1.82, 2.24) is 4.98 Å². The van der Waals surface area contributed by atoms with E-state index >= 15 is 0 Å². The maximum absolute atomic E-state index is 13.8. The van der Waals surface area contributed by atoms with E-state index in [9.17, 15) is 4.39 Å². The average Bonchev–Trinajstić information content (AvgIpc) is 2.76. The topological polar surface area (TPSA) is 38.9 Å². The maximum atomic E-state index is 13.8. The van der Waals surface area contributed by atoms with Gasteiger partial charge in [-0.15, -0.1) is 23.1 Å². The molecule has 84 valence electrons. The number of halogens is 1. The molecule has 2 rings (SSSR count). The lowest BCUT2D eigenvalue weighted by Crippen LogP contribution is -1.96. The SMILES string of the molecule is CSc1cccc(F)c1-c1nc(CN)cs1. The van der Waals surface area contributed by atoms with Crippen LogP contribution in [0, 0.1) is 5.82 Å². The van der Waals surface area contributed by atoms with Crippen molar-refractivity contribution in [1.29, 1.82) is 0 Å². The fourth-order valence-corrected chi connectivity index (χ4v) is 2.97. The van der Waals surface area contributed by atoms with Gasteiger partial charge in [0, 0.05) is 16.8 Å². The summed E-state index contributed by atoms with van der Waals surface area (Å²) in [5, 5.41) is 2.56. The Morgan fingerprint density at radius 2 is 2.31 bits per heavy atom. The fourth-order valence-electron chi connectivity index (χ4n) is 1.40. The van der Waals surface area contributed by atoms with Gasteiger partial charge in [0.15, 0.2) is 0 Å². The Balaban J connectivity index is 2.53. The van der Waals surface area contributed by atoms with Gasteiger partial charge in [-0.1, -0.05) is 6.07 Å². The summed E-state index contributed by atoms with van der Waals surface area (Å²) >= 11 is 2.94. The molecule has 0 amide bonds. The highest BCUT2D eigenvalue weighted by atomic mass is 32.2. The Morgan fingerprint density at radius 3 is 2.94 bits per heavy atom. The highest BCUT2D eigenvalue weighted by Crippen LogP contribution is 2.34. The Kier molecular flexibility index (Phi) is 3.58. The van der Waals surface area contributed by atoms with Crippen molar-refractivity contribution in [3.8, 4) is 10.6 Å². The van der Waals surface area contributed by atoms with Crippen LogP contribution in [-0.4, -0.2) is 11.2 Å². The number of thiazole rings is 1. The average molecular weight is 254 g/mol. The predicted octanol–water partition coefficient (Wildman–Crippen LogP) is 3.13. The molecule has 0 atom stereocenters. The normalized spacial score (nSPS) is 10.7. The lowest BCUT2D eigenvalue weighted by molar-refractivity contribution is 0.628. The molecule has 2 aromatic rings. The quantitative estimate of drug-likeness (QED) is 0.855. The minimum Gasteiger partial charge on any atom is -0.325 e. The highest BCUT2D eigenvalue weighted by Gasteiger charge is 2.13. The van der Waals surface area contributed by atoms with E-state index in [2.05, 4.69) is 4.98 Å². The number of benzene rings is 1. The smallest absolute Gasteiger partial charge is 0.134 e. The van der Waals surface area contributed by atoms with Gasteiger partial charge in [-0.3, -0.25) is 0 Å². The second-order valence-corrected chi connectivity index (χ2v) is 4.87. The molecule has 0 aliphatic heterocycles.